The zero-order chi connectivity index (χ0) is 15.1. The third-order valence-electron chi connectivity index (χ3n) is 2.99. The fourth-order valence-corrected chi connectivity index (χ4v) is 2.69. The molecule has 0 saturated heterocycles. The quantitative estimate of drug-likeness (QED) is 0.316. The van der Waals surface area contributed by atoms with E-state index in [0.717, 1.165) is 30.4 Å². The first kappa shape index (κ1) is 18.9. The summed E-state index contributed by atoms with van der Waals surface area (Å²) in [5.74, 6) is 0.814. The maximum atomic E-state index is 4.32. The smallest absolute Gasteiger partial charge is 0.191 e. The van der Waals surface area contributed by atoms with Gasteiger partial charge in [0.25, 0.3) is 0 Å². The van der Waals surface area contributed by atoms with Crippen LogP contribution in [0.15, 0.2) is 23.6 Å². The van der Waals surface area contributed by atoms with E-state index in [1.54, 1.807) is 18.4 Å². The molecule has 0 aliphatic rings. The number of aromatic nitrogens is 3. The number of nitrogens with zero attached hydrogens (tertiary/aromatic N) is 4. The molecule has 2 heterocycles. The molecule has 0 saturated carbocycles. The molecule has 0 atom stereocenters. The van der Waals surface area contributed by atoms with Crippen LogP contribution in [0, 0.1) is 6.92 Å². The lowest BCUT2D eigenvalue weighted by atomic mass is 10.2. The third-order valence-corrected chi connectivity index (χ3v) is 3.91. The minimum atomic E-state index is 0. The summed E-state index contributed by atoms with van der Waals surface area (Å²) in [4.78, 5) is 9.77. The molecule has 0 aromatic carbocycles. The molecule has 0 fully saturated rings. The molecular weight excluding hydrogens is 411 g/mol. The predicted molar refractivity (Wildman–Crippen MR) is 102 cm³/mol. The van der Waals surface area contributed by atoms with E-state index < -0.39 is 0 Å². The summed E-state index contributed by atoms with van der Waals surface area (Å²) in [7, 11) is 3.72. The van der Waals surface area contributed by atoms with Gasteiger partial charge in [-0.05, 0) is 25.3 Å². The van der Waals surface area contributed by atoms with Crippen molar-refractivity contribution in [3.8, 4) is 0 Å². The van der Waals surface area contributed by atoms with Crippen LogP contribution in [-0.2, 0) is 20.0 Å². The molecule has 2 aromatic heterocycles. The van der Waals surface area contributed by atoms with Crippen LogP contribution < -0.4 is 10.6 Å². The average Bonchev–Trinajstić information content (AvgIpc) is 3.07. The fourth-order valence-electron chi connectivity index (χ4n) is 1.96. The molecule has 0 aliphatic carbocycles. The van der Waals surface area contributed by atoms with Crippen molar-refractivity contribution in [2.75, 3.05) is 13.6 Å². The Labute approximate surface area is 152 Å². The average molecular weight is 434 g/mol. The Balaban J connectivity index is 0.00000242. The van der Waals surface area contributed by atoms with E-state index in [2.05, 4.69) is 38.8 Å². The van der Waals surface area contributed by atoms with E-state index in [-0.39, 0.29) is 24.0 Å². The van der Waals surface area contributed by atoms with Gasteiger partial charge in [-0.25, -0.2) is 4.98 Å². The van der Waals surface area contributed by atoms with Crippen molar-refractivity contribution in [1.82, 2.24) is 25.4 Å². The summed E-state index contributed by atoms with van der Waals surface area (Å²) in [6.07, 6.45) is 7.92. The Kier molecular flexibility index (Phi) is 8.39. The third kappa shape index (κ3) is 6.30. The second-order valence-corrected chi connectivity index (χ2v) is 6.16. The molecule has 2 aromatic rings. The van der Waals surface area contributed by atoms with Crippen molar-refractivity contribution in [3.63, 3.8) is 0 Å². The molecule has 0 amide bonds. The van der Waals surface area contributed by atoms with Gasteiger partial charge in [-0.2, -0.15) is 5.10 Å². The highest BCUT2D eigenvalue weighted by Gasteiger charge is 2.02. The molecule has 22 heavy (non-hydrogen) atoms. The summed E-state index contributed by atoms with van der Waals surface area (Å²) < 4.78 is 1.83. The molecule has 0 radical (unpaired) electrons. The molecule has 0 unspecified atom stereocenters. The number of aliphatic imine (C=N–C) groups is 1. The van der Waals surface area contributed by atoms with Crippen LogP contribution in [0.1, 0.15) is 21.9 Å². The summed E-state index contributed by atoms with van der Waals surface area (Å²) >= 11 is 1.70. The van der Waals surface area contributed by atoms with Gasteiger partial charge in [-0.3, -0.25) is 9.67 Å². The molecule has 2 N–H and O–H groups in total. The van der Waals surface area contributed by atoms with Gasteiger partial charge in [0.2, 0.25) is 0 Å². The highest BCUT2D eigenvalue weighted by molar-refractivity contribution is 14.0. The van der Waals surface area contributed by atoms with Gasteiger partial charge in [0.15, 0.2) is 5.96 Å². The Bertz CT molecular complexity index is 592. The van der Waals surface area contributed by atoms with E-state index in [0.29, 0.717) is 6.54 Å². The number of hydrogen-bond donors (Lipinski definition) is 2. The SMILES string of the molecule is CN=C(NCCCc1cnn(C)c1)NCc1ncc(C)s1.I. The Hall–Kier alpha value is -1.16. The monoisotopic (exact) mass is 434 g/mol. The second kappa shape index (κ2) is 9.78. The van der Waals surface area contributed by atoms with E-state index in [1.807, 2.05) is 24.1 Å². The first-order valence-corrected chi connectivity index (χ1v) is 7.82. The first-order valence-electron chi connectivity index (χ1n) is 7.00. The maximum absolute atomic E-state index is 4.32. The van der Waals surface area contributed by atoms with Crippen LogP contribution in [0.4, 0.5) is 0 Å². The van der Waals surface area contributed by atoms with Crippen molar-refractivity contribution >= 4 is 41.3 Å². The minimum Gasteiger partial charge on any atom is -0.356 e. The second-order valence-electron chi connectivity index (χ2n) is 4.84. The van der Waals surface area contributed by atoms with Crippen LogP contribution in [-0.4, -0.2) is 34.3 Å². The van der Waals surface area contributed by atoms with E-state index in [1.165, 1.54) is 10.4 Å². The molecule has 0 spiro atoms. The number of aryl methyl sites for hydroxylation is 3. The van der Waals surface area contributed by atoms with Crippen molar-refractivity contribution in [2.24, 2.45) is 12.0 Å². The summed E-state index contributed by atoms with van der Waals surface area (Å²) in [6, 6.07) is 0. The van der Waals surface area contributed by atoms with Crippen LogP contribution >= 0.6 is 35.3 Å². The standard InChI is InChI=1S/C14H22N6S.HI/c1-11-7-17-13(21-11)9-18-14(15-2)16-6-4-5-12-8-19-20(3)10-12;/h7-8,10H,4-6,9H2,1-3H3,(H2,15,16,18);1H. The van der Waals surface area contributed by atoms with E-state index in [9.17, 15) is 0 Å². The molecular formula is C14H23IN6S. The Morgan fingerprint density at radius 3 is 2.77 bits per heavy atom. The van der Waals surface area contributed by atoms with Gasteiger partial charge >= 0.3 is 0 Å². The Morgan fingerprint density at radius 1 is 1.36 bits per heavy atom. The van der Waals surface area contributed by atoms with Crippen molar-refractivity contribution in [2.45, 2.75) is 26.3 Å². The summed E-state index contributed by atoms with van der Waals surface area (Å²) in [6.45, 7) is 3.65. The van der Waals surface area contributed by atoms with E-state index >= 15 is 0 Å². The number of rotatable bonds is 6. The fraction of sp³-hybridized carbons (Fsp3) is 0.500. The van der Waals surface area contributed by atoms with Gasteiger partial charge in [-0.15, -0.1) is 35.3 Å². The number of guanidine groups is 1. The number of nitrogens with one attached hydrogen (secondary N) is 2. The molecule has 6 nitrogen and oxygen atoms in total. The Morgan fingerprint density at radius 2 is 2.18 bits per heavy atom. The summed E-state index contributed by atoms with van der Waals surface area (Å²) in [5, 5.41) is 11.8. The lowest BCUT2D eigenvalue weighted by molar-refractivity contribution is 0.738. The number of thiazole rings is 1. The maximum Gasteiger partial charge on any atom is 0.191 e. The molecule has 8 heteroatoms. The van der Waals surface area contributed by atoms with Crippen molar-refractivity contribution in [3.05, 3.63) is 34.0 Å². The normalized spacial score (nSPS) is 11.1. The van der Waals surface area contributed by atoms with Crippen LogP contribution in [0.3, 0.4) is 0 Å². The lowest BCUT2D eigenvalue weighted by Crippen LogP contribution is -2.37. The lowest BCUT2D eigenvalue weighted by Gasteiger charge is -2.10. The van der Waals surface area contributed by atoms with Crippen LogP contribution in [0.2, 0.25) is 0 Å². The van der Waals surface area contributed by atoms with Gasteiger partial charge in [-0.1, -0.05) is 0 Å². The van der Waals surface area contributed by atoms with Crippen LogP contribution in [0.25, 0.3) is 0 Å². The van der Waals surface area contributed by atoms with Crippen molar-refractivity contribution in [1.29, 1.82) is 0 Å². The molecule has 0 aliphatic heterocycles. The molecule has 2 rings (SSSR count). The first-order chi connectivity index (χ1) is 10.2. The zero-order valence-corrected chi connectivity index (χ0v) is 16.3. The van der Waals surface area contributed by atoms with Gasteiger partial charge in [0, 0.05) is 37.9 Å². The molecule has 0 bridgehead atoms. The largest absolute Gasteiger partial charge is 0.356 e. The minimum absolute atomic E-state index is 0. The summed E-state index contributed by atoms with van der Waals surface area (Å²) in [5.41, 5.74) is 1.26. The zero-order valence-electron chi connectivity index (χ0n) is 13.2. The van der Waals surface area contributed by atoms with Gasteiger partial charge in [0.1, 0.15) is 5.01 Å². The molecule has 122 valence electrons. The van der Waals surface area contributed by atoms with Gasteiger partial charge < -0.3 is 10.6 Å². The number of halogens is 1. The van der Waals surface area contributed by atoms with Gasteiger partial charge in [0.05, 0.1) is 12.7 Å². The van der Waals surface area contributed by atoms with Crippen LogP contribution in [0.5, 0.6) is 0 Å². The topological polar surface area (TPSA) is 67.1 Å². The predicted octanol–water partition coefficient (Wildman–Crippen LogP) is 2.10. The highest BCUT2D eigenvalue weighted by Crippen LogP contribution is 2.10. The van der Waals surface area contributed by atoms with Crippen molar-refractivity contribution < 1.29 is 0 Å². The number of hydrogen-bond acceptors (Lipinski definition) is 4. The highest BCUT2D eigenvalue weighted by atomic mass is 127. The van der Waals surface area contributed by atoms with E-state index in [4.69, 9.17) is 0 Å².